The first-order valence-corrected chi connectivity index (χ1v) is 7.80. The Hall–Kier alpha value is -2.20. The Balaban J connectivity index is 1.82. The summed E-state index contributed by atoms with van der Waals surface area (Å²) in [6.45, 7) is 2.37. The van der Waals surface area contributed by atoms with Crippen molar-refractivity contribution in [3.8, 4) is 11.5 Å². The van der Waals surface area contributed by atoms with Gasteiger partial charge in [0.05, 0.1) is 19.4 Å². The van der Waals surface area contributed by atoms with Crippen LogP contribution in [0, 0.1) is 6.92 Å². The van der Waals surface area contributed by atoms with Gasteiger partial charge in [0, 0.05) is 17.5 Å². The maximum atomic E-state index is 12.0. The SMILES string of the molecule is COc1cc(Cl)c(C)cc1NC(=O)CCCOc1ccccc1. The summed E-state index contributed by atoms with van der Waals surface area (Å²) in [5.74, 6) is 1.28. The van der Waals surface area contributed by atoms with E-state index in [1.54, 1.807) is 19.2 Å². The van der Waals surface area contributed by atoms with Crippen LogP contribution < -0.4 is 14.8 Å². The standard InChI is InChI=1S/C18H20ClNO3/c1-13-11-16(17(22-2)12-15(13)19)20-18(21)9-6-10-23-14-7-4-3-5-8-14/h3-5,7-8,11-12H,6,9-10H2,1-2H3,(H,20,21). The first kappa shape index (κ1) is 17.2. The van der Waals surface area contributed by atoms with E-state index in [1.165, 1.54) is 0 Å². The first-order valence-electron chi connectivity index (χ1n) is 7.42. The maximum Gasteiger partial charge on any atom is 0.224 e. The number of amides is 1. The lowest BCUT2D eigenvalue weighted by molar-refractivity contribution is -0.116. The van der Waals surface area contributed by atoms with E-state index in [9.17, 15) is 4.79 Å². The minimum absolute atomic E-state index is 0.0818. The van der Waals surface area contributed by atoms with Crippen LogP contribution in [0.2, 0.25) is 5.02 Å². The largest absolute Gasteiger partial charge is 0.495 e. The van der Waals surface area contributed by atoms with Crippen molar-refractivity contribution < 1.29 is 14.3 Å². The molecule has 122 valence electrons. The summed E-state index contributed by atoms with van der Waals surface area (Å²) in [6.07, 6.45) is 1.01. The van der Waals surface area contributed by atoms with Gasteiger partial charge in [-0.3, -0.25) is 4.79 Å². The van der Waals surface area contributed by atoms with Crippen LogP contribution in [0.5, 0.6) is 11.5 Å². The van der Waals surface area contributed by atoms with Gasteiger partial charge >= 0.3 is 0 Å². The van der Waals surface area contributed by atoms with Crippen molar-refractivity contribution in [1.82, 2.24) is 0 Å². The van der Waals surface area contributed by atoms with E-state index in [1.807, 2.05) is 37.3 Å². The van der Waals surface area contributed by atoms with Gasteiger partial charge in [0.25, 0.3) is 0 Å². The van der Waals surface area contributed by atoms with Crippen molar-refractivity contribution in [3.63, 3.8) is 0 Å². The summed E-state index contributed by atoms with van der Waals surface area (Å²) >= 11 is 6.05. The molecule has 0 aliphatic rings. The average Bonchev–Trinajstić information content (AvgIpc) is 2.56. The highest BCUT2D eigenvalue weighted by Crippen LogP contribution is 2.31. The number of rotatable bonds is 7. The molecular weight excluding hydrogens is 314 g/mol. The van der Waals surface area contributed by atoms with Crippen LogP contribution >= 0.6 is 11.6 Å². The predicted octanol–water partition coefficient (Wildman–Crippen LogP) is 4.45. The number of methoxy groups -OCH3 is 1. The van der Waals surface area contributed by atoms with Crippen molar-refractivity contribution >= 4 is 23.2 Å². The zero-order chi connectivity index (χ0) is 16.7. The molecule has 0 heterocycles. The monoisotopic (exact) mass is 333 g/mol. The molecule has 1 N–H and O–H groups in total. The minimum atomic E-state index is -0.0818. The van der Waals surface area contributed by atoms with Gasteiger partial charge in [0.1, 0.15) is 11.5 Å². The molecule has 5 heteroatoms. The highest BCUT2D eigenvalue weighted by atomic mass is 35.5. The van der Waals surface area contributed by atoms with E-state index in [4.69, 9.17) is 21.1 Å². The van der Waals surface area contributed by atoms with Crippen molar-refractivity contribution in [2.45, 2.75) is 19.8 Å². The molecule has 0 fully saturated rings. The van der Waals surface area contributed by atoms with Crippen molar-refractivity contribution in [1.29, 1.82) is 0 Å². The number of halogens is 1. The Morgan fingerprint density at radius 2 is 1.96 bits per heavy atom. The Morgan fingerprint density at radius 3 is 2.65 bits per heavy atom. The molecule has 0 aromatic heterocycles. The second-order valence-electron chi connectivity index (χ2n) is 5.11. The normalized spacial score (nSPS) is 10.2. The Kier molecular flexibility index (Phi) is 6.29. The van der Waals surface area contributed by atoms with Crippen LogP contribution in [0.15, 0.2) is 42.5 Å². The first-order chi connectivity index (χ1) is 11.1. The number of benzene rings is 2. The third-order valence-electron chi connectivity index (χ3n) is 3.31. The molecule has 0 aliphatic heterocycles. The van der Waals surface area contributed by atoms with Gasteiger partial charge in [-0.05, 0) is 37.1 Å². The van der Waals surface area contributed by atoms with E-state index >= 15 is 0 Å². The number of para-hydroxylation sites is 1. The molecule has 0 spiro atoms. The van der Waals surface area contributed by atoms with Gasteiger partial charge in [0.15, 0.2) is 0 Å². The number of hydrogen-bond acceptors (Lipinski definition) is 3. The van der Waals surface area contributed by atoms with E-state index in [2.05, 4.69) is 5.32 Å². The van der Waals surface area contributed by atoms with E-state index < -0.39 is 0 Å². The summed E-state index contributed by atoms with van der Waals surface area (Å²) < 4.78 is 10.8. The fourth-order valence-corrected chi connectivity index (χ4v) is 2.24. The zero-order valence-corrected chi connectivity index (χ0v) is 14.0. The van der Waals surface area contributed by atoms with Crippen LogP contribution in [-0.2, 0) is 4.79 Å². The molecule has 23 heavy (non-hydrogen) atoms. The molecule has 2 rings (SSSR count). The lowest BCUT2D eigenvalue weighted by Crippen LogP contribution is -2.13. The third-order valence-corrected chi connectivity index (χ3v) is 3.72. The second kappa shape index (κ2) is 8.44. The number of ether oxygens (including phenoxy) is 2. The van der Waals surface area contributed by atoms with Gasteiger partial charge in [0.2, 0.25) is 5.91 Å². The van der Waals surface area contributed by atoms with Gasteiger partial charge in [-0.25, -0.2) is 0 Å². The van der Waals surface area contributed by atoms with Crippen molar-refractivity contribution in [3.05, 3.63) is 53.1 Å². The number of nitrogens with one attached hydrogen (secondary N) is 1. The quantitative estimate of drug-likeness (QED) is 0.761. The summed E-state index contributed by atoms with van der Waals surface area (Å²) in [4.78, 5) is 12.0. The number of hydrogen-bond donors (Lipinski definition) is 1. The number of carbonyl (C=O) groups is 1. The molecule has 0 saturated carbocycles. The van der Waals surface area contributed by atoms with E-state index in [-0.39, 0.29) is 5.91 Å². The highest BCUT2D eigenvalue weighted by molar-refractivity contribution is 6.31. The Labute approximate surface area is 141 Å². The summed E-state index contributed by atoms with van der Waals surface area (Å²) in [5.41, 5.74) is 1.51. The Morgan fingerprint density at radius 1 is 1.22 bits per heavy atom. The van der Waals surface area contributed by atoms with Crippen LogP contribution in [0.25, 0.3) is 0 Å². The maximum absolute atomic E-state index is 12.0. The molecule has 0 radical (unpaired) electrons. The summed E-state index contributed by atoms with van der Waals surface area (Å²) in [7, 11) is 1.55. The molecule has 0 bridgehead atoms. The average molecular weight is 334 g/mol. The smallest absolute Gasteiger partial charge is 0.224 e. The molecule has 2 aromatic rings. The molecule has 2 aromatic carbocycles. The number of aryl methyl sites for hydroxylation is 1. The molecular formula is C18H20ClNO3. The van der Waals surface area contributed by atoms with Crippen LogP contribution in [-0.4, -0.2) is 19.6 Å². The Bertz CT molecular complexity index is 659. The van der Waals surface area contributed by atoms with Crippen molar-refractivity contribution in [2.24, 2.45) is 0 Å². The second-order valence-corrected chi connectivity index (χ2v) is 5.52. The van der Waals surface area contributed by atoms with Crippen LogP contribution in [0.3, 0.4) is 0 Å². The molecule has 0 aliphatic carbocycles. The fraction of sp³-hybridized carbons (Fsp3) is 0.278. The molecule has 0 unspecified atom stereocenters. The van der Waals surface area contributed by atoms with Gasteiger partial charge < -0.3 is 14.8 Å². The number of anilines is 1. The summed E-state index contributed by atoms with van der Waals surface area (Å²) in [6, 6.07) is 13.0. The zero-order valence-electron chi connectivity index (χ0n) is 13.3. The van der Waals surface area contributed by atoms with Gasteiger partial charge in [-0.1, -0.05) is 29.8 Å². The third kappa shape index (κ3) is 5.18. The summed E-state index contributed by atoms with van der Waals surface area (Å²) in [5, 5.41) is 3.46. The van der Waals surface area contributed by atoms with Crippen molar-refractivity contribution in [2.75, 3.05) is 19.0 Å². The minimum Gasteiger partial charge on any atom is -0.495 e. The topological polar surface area (TPSA) is 47.6 Å². The predicted molar refractivity (Wildman–Crippen MR) is 92.5 cm³/mol. The molecule has 0 atom stereocenters. The molecule has 0 saturated heterocycles. The van der Waals surface area contributed by atoms with Crippen LogP contribution in [0.1, 0.15) is 18.4 Å². The van der Waals surface area contributed by atoms with Crippen LogP contribution in [0.4, 0.5) is 5.69 Å². The van der Waals surface area contributed by atoms with E-state index in [0.717, 1.165) is 11.3 Å². The van der Waals surface area contributed by atoms with Gasteiger partial charge in [-0.2, -0.15) is 0 Å². The lowest BCUT2D eigenvalue weighted by atomic mass is 10.2. The fourth-order valence-electron chi connectivity index (χ4n) is 2.08. The van der Waals surface area contributed by atoms with E-state index in [0.29, 0.717) is 35.9 Å². The molecule has 1 amide bonds. The number of carbonyl (C=O) groups excluding carboxylic acids is 1. The van der Waals surface area contributed by atoms with Gasteiger partial charge in [-0.15, -0.1) is 0 Å². The molecule has 4 nitrogen and oxygen atoms in total. The highest BCUT2D eigenvalue weighted by Gasteiger charge is 2.10. The lowest BCUT2D eigenvalue weighted by Gasteiger charge is -2.12.